The first kappa shape index (κ1) is 19.9. The molecule has 4 nitrogen and oxygen atoms in total. The highest BCUT2D eigenvalue weighted by molar-refractivity contribution is 6.01. The van der Waals surface area contributed by atoms with Crippen LogP contribution >= 0.6 is 0 Å². The predicted octanol–water partition coefficient (Wildman–Crippen LogP) is 4.48. The van der Waals surface area contributed by atoms with E-state index < -0.39 is 0 Å². The summed E-state index contributed by atoms with van der Waals surface area (Å²) in [6.45, 7) is 3.03. The molecule has 152 valence electrons. The van der Waals surface area contributed by atoms with Gasteiger partial charge >= 0.3 is 0 Å². The number of amides is 2. The largest absolute Gasteiger partial charge is 0.352 e. The third kappa shape index (κ3) is 4.77. The van der Waals surface area contributed by atoms with E-state index in [1.165, 1.54) is 5.56 Å². The lowest BCUT2D eigenvalue weighted by atomic mass is 10.1. The number of para-hydroxylation sites is 1. The predicted molar refractivity (Wildman–Crippen MR) is 119 cm³/mol. The van der Waals surface area contributed by atoms with Gasteiger partial charge in [0.2, 0.25) is 11.8 Å². The van der Waals surface area contributed by atoms with Crippen molar-refractivity contribution in [3.05, 3.63) is 102 Å². The molecule has 0 saturated heterocycles. The van der Waals surface area contributed by atoms with Crippen molar-refractivity contribution in [3.63, 3.8) is 0 Å². The third-order valence-corrected chi connectivity index (χ3v) is 5.55. The summed E-state index contributed by atoms with van der Waals surface area (Å²) >= 11 is 0. The molecule has 0 spiro atoms. The van der Waals surface area contributed by atoms with Gasteiger partial charge in [-0.15, -0.1) is 0 Å². The Kier molecular flexibility index (Phi) is 5.94. The molecule has 1 aliphatic rings. The van der Waals surface area contributed by atoms with Gasteiger partial charge in [-0.2, -0.15) is 0 Å². The molecule has 1 saturated carbocycles. The summed E-state index contributed by atoms with van der Waals surface area (Å²) in [6.07, 6.45) is 0.608. The van der Waals surface area contributed by atoms with E-state index in [9.17, 15) is 9.59 Å². The zero-order chi connectivity index (χ0) is 20.9. The molecule has 30 heavy (non-hydrogen) atoms. The number of carbonyl (C=O) groups is 2. The maximum Gasteiger partial charge on any atom is 0.231 e. The van der Waals surface area contributed by atoms with Crippen LogP contribution in [-0.4, -0.2) is 11.8 Å². The molecule has 2 unspecified atom stereocenters. The van der Waals surface area contributed by atoms with Crippen molar-refractivity contribution in [2.45, 2.75) is 26.4 Å². The van der Waals surface area contributed by atoms with Gasteiger partial charge < -0.3 is 10.2 Å². The van der Waals surface area contributed by atoms with Crippen LogP contribution < -0.4 is 10.2 Å². The van der Waals surface area contributed by atoms with Gasteiger partial charge in [0.25, 0.3) is 0 Å². The molecule has 0 radical (unpaired) electrons. The maximum atomic E-state index is 13.3. The summed E-state index contributed by atoms with van der Waals surface area (Å²) in [7, 11) is 0. The van der Waals surface area contributed by atoms with Gasteiger partial charge in [0.05, 0.1) is 18.4 Å². The molecule has 3 aromatic rings. The summed E-state index contributed by atoms with van der Waals surface area (Å²) in [4.78, 5) is 27.7. The number of carbonyl (C=O) groups excluding carboxylic acids is 2. The molecule has 0 heterocycles. The summed E-state index contributed by atoms with van der Waals surface area (Å²) < 4.78 is 0. The van der Waals surface area contributed by atoms with Crippen molar-refractivity contribution in [1.82, 2.24) is 5.32 Å². The normalized spacial score (nSPS) is 17.2. The first-order valence-corrected chi connectivity index (χ1v) is 10.4. The van der Waals surface area contributed by atoms with Crippen molar-refractivity contribution in [2.24, 2.45) is 11.8 Å². The highest BCUT2D eigenvalue weighted by Gasteiger charge is 2.49. The average molecular weight is 399 g/mol. The Morgan fingerprint density at radius 3 is 2.13 bits per heavy atom. The molecular weight excluding hydrogens is 372 g/mol. The zero-order valence-electron chi connectivity index (χ0n) is 17.1. The highest BCUT2D eigenvalue weighted by Crippen LogP contribution is 2.41. The van der Waals surface area contributed by atoms with Gasteiger partial charge in [-0.25, -0.2) is 0 Å². The van der Waals surface area contributed by atoms with Gasteiger partial charge in [0.1, 0.15) is 0 Å². The smallest absolute Gasteiger partial charge is 0.231 e. The molecule has 2 amide bonds. The van der Waals surface area contributed by atoms with Crippen LogP contribution in [0.15, 0.2) is 84.9 Å². The Morgan fingerprint density at radius 2 is 1.47 bits per heavy atom. The minimum atomic E-state index is -0.257. The second-order valence-electron chi connectivity index (χ2n) is 7.90. The number of nitrogens with one attached hydrogen (secondary N) is 1. The number of hydrogen-bond acceptors (Lipinski definition) is 2. The fourth-order valence-corrected chi connectivity index (χ4v) is 3.65. The van der Waals surface area contributed by atoms with E-state index in [0.717, 1.165) is 16.8 Å². The van der Waals surface area contributed by atoms with E-state index in [0.29, 0.717) is 19.5 Å². The van der Waals surface area contributed by atoms with Crippen LogP contribution in [0.3, 0.4) is 0 Å². The lowest BCUT2D eigenvalue weighted by Crippen LogP contribution is -2.34. The van der Waals surface area contributed by atoms with Crippen molar-refractivity contribution in [2.75, 3.05) is 4.90 Å². The molecule has 1 aliphatic carbocycles. The lowest BCUT2D eigenvalue weighted by Gasteiger charge is -2.23. The maximum absolute atomic E-state index is 13.3. The second-order valence-corrected chi connectivity index (χ2v) is 7.90. The van der Waals surface area contributed by atoms with Gasteiger partial charge in [-0.1, -0.05) is 78.4 Å². The van der Waals surface area contributed by atoms with Crippen LogP contribution in [0.1, 0.15) is 23.1 Å². The number of anilines is 1. The van der Waals surface area contributed by atoms with Gasteiger partial charge in [-0.3, -0.25) is 9.59 Å². The quantitative estimate of drug-likeness (QED) is 0.638. The molecule has 0 aromatic heterocycles. The minimum absolute atomic E-state index is 0.0144. The van der Waals surface area contributed by atoms with Crippen LogP contribution in [0.25, 0.3) is 0 Å². The fourth-order valence-electron chi connectivity index (χ4n) is 3.65. The molecule has 4 heteroatoms. The Labute approximate surface area is 177 Å². The van der Waals surface area contributed by atoms with E-state index in [1.807, 2.05) is 91.9 Å². The van der Waals surface area contributed by atoms with Crippen molar-refractivity contribution < 1.29 is 9.59 Å². The van der Waals surface area contributed by atoms with Crippen molar-refractivity contribution in [1.29, 1.82) is 0 Å². The number of aryl methyl sites for hydroxylation is 1. The molecule has 0 bridgehead atoms. The lowest BCUT2D eigenvalue weighted by molar-refractivity contribution is -0.126. The zero-order valence-corrected chi connectivity index (χ0v) is 17.1. The number of nitrogens with zero attached hydrogens (tertiary/aromatic N) is 1. The molecule has 0 aliphatic heterocycles. The Bertz CT molecular complexity index is 1000. The highest BCUT2D eigenvalue weighted by atomic mass is 16.2. The molecule has 2 atom stereocenters. The molecule has 1 fully saturated rings. The summed E-state index contributed by atoms with van der Waals surface area (Å²) in [5.74, 6) is -0.529. The standard InChI is InChI=1S/C26H26N2O2/c1-19-12-14-20(15-13-19)17-27-25(29)23-16-24(23)26(30)28(22-10-6-3-7-11-22)18-21-8-4-2-5-9-21/h2-15,23-24H,16-18H2,1H3,(H,27,29). The first-order chi connectivity index (χ1) is 14.6. The molecule has 3 aromatic carbocycles. The van der Waals surface area contributed by atoms with Crippen LogP contribution in [-0.2, 0) is 22.7 Å². The SMILES string of the molecule is Cc1ccc(CNC(=O)C2CC2C(=O)N(Cc2ccccc2)c2ccccc2)cc1. The van der Waals surface area contributed by atoms with Crippen LogP contribution in [0.4, 0.5) is 5.69 Å². The third-order valence-electron chi connectivity index (χ3n) is 5.55. The van der Waals surface area contributed by atoms with Gasteiger partial charge in [0.15, 0.2) is 0 Å². The summed E-state index contributed by atoms with van der Waals surface area (Å²) in [5, 5.41) is 2.98. The molecular formula is C26H26N2O2. The van der Waals surface area contributed by atoms with E-state index in [-0.39, 0.29) is 23.7 Å². The van der Waals surface area contributed by atoms with Gasteiger partial charge in [0, 0.05) is 12.2 Å². The Hall–Kier alpha value is -3.40. The first-order valence-electron chi connectivity index (χ1n) is 10.4. The van der Waals surface area contributed by atoms with E-state index >= 15 is 0 Å². The average Bonchev–Trinajstić information content (AvgIpc) is 3.59. The van der Waals surface area contributed by atoms with E-state index in [4.69, 9.17) is 0 Å². The minimum Gasteiger partial charge on any atom is -0.352 e. The number of benzene rings is 3. The van der Waals surface area contributed by atoms with E-state index in [2.05, 4.69) is 5.32 Å². The Balaban J connectivity index is 1.41. The van der Waals surface area contributed by atoms with E-state index in [1.54, 1.807) is 4.90 Å². The molecule has 4 rings (SSSR count). The topological polar surface area (TPSA) is 49.4 Å². The number of hydrogen-bond donors (Lipinski definition) is 1. The van der Waals surface area contributed by atoms with Crippen molar-refractivity contribution in [3.8, 4) is 0 Å². The number of rotatable bonds is 7. The van der Waals surface area contributed by atoms with Crippen LogP contribution in [0, 0.1) is 18.8 Å². The second kappa shape index (κ2) is 8.95. The molecule has 1 N–H and O–H groups in total. The van der Waals surface area contributed by atoms with Crippen LogP contribution in [0.2, 0.25) is 0 Å². The van der Waals surface area contributed by atoms with Crippen molar-refractivity contribution >= 4 is 17.5 Å². The van der Waals surface area contributed by atoms with Gasteiger partial charge in [-0.05, 0) is 36.6 Å². The fraction of sp³-hybridized carbons (Fsp3) is 0.231. The summed E-state index contributed by atoms with van der Waals surface area (Å²) in [6, 6.07) is 27.7. The van der Waals surface area contributed by atoms with Crippen LogP contribution in [0.5, 0.6) is 0 Å². The summed E-state index contributed by atoms with van der Waals surface area (Å²) in [5.41, 5.74) is 4.18. The Morgan fingerprint density at radius 1 is 0.833 bits per heavy atom. The monoisotopic (exact) mass is 398 g/mol.